The number of carbonyl (C=O) groups excluding carboxylic acids is 1. The monoisotopic (exact) mass is 344 g/mol. The van der Waals surface area contributed by atoms with E-state index in [0.29, 0.717) is 25.6 Å². The molecular weight excluding hydrogens is 320 g/mol. The fourth-order valence-corrected chi connectivity index (χ4v) is 3.12. The van der Waals surface area contributed by atoms with Gasteiger partial charge in [0.05, 0.1) is 32.4 Å². The fraction of sp³-hybridized carbons (Fsp3) is 0.474. The number of benzene rings is 1. The van der Waals surface area contributed by atoms with Gasteiger partial charge < -0.3 is 13.9 Å². The molecule has 1 atom stereocenters. The zero-order chi connectivity index (χ0) is 17.6. The van der Waals surface area contributed by atoms with Crippen molar-refractivity contribution in [1.82, 2.24) is 9.88 Å². The normalized spacial score (nSPS) is 18.1. The first-order chi connectivity index (χ1) is 12.2. The van der Waals surface area contributed by atoms with E-state index in [4.69, 9.17) is 13.9 Å². The molecule has 1 aromatic carbocycles. The first-order valence-corrected chi connectivity index (χ1v) is 8.67. The second-order valence-corrected chi connectivity index (χ2v) is 6.17. The van der Waals surface area contributed by atoms with Crippen molar-refractivity contribution in [1.29, 1.82) is 0 Å². The van der Waals surface area contributed by atoms with Crippen LogP contribution < -0.4 is 4.74 Å². The van der Waals surface area contributed by atoms with E-state index in [0.717, 1.165) is 36.5 Å². The molecule has 25 heavy (non-hydrogen) atoms. The Morgan fingerprint density at radius 2 is 2.16 bits per heavy atom. The Balaban J connectivity index is 1.61. The quantitative estimate of drug-likeness (QED) is 0.750. The van der Waals surface area contributed by atoms with E-state index in [1.807, 2.05) is 31.2 Å². The summed E-state index contributed by atoms with van der Waals surface area (Å²) in [4.78, 5) is 18.5. The molecule has 0 unspecified atom stereocenters. The van der Waals surface area contributed by atoms with Crippen molar-refractivity contribution in [2.75, 3.05) is 26.8 Å². The SMILES string of the molecule is CCOC(=O)[C@H]1CCCN(Cc2ncc(-c3ccc(OC)cc3)o2)C1. The largest absolute Gasteiger partial charge is 0.497 e. The van der Waals surface area contributed by atoms with Crippen LogP contribution in [0, 0.1) is 5.92 Å². The Bertz CT molecular complexity index is 696. The summed E-state index contributed by atoms with van der Waals surface area (Å²) in [5, 5.41) is 0. The smallest absolute Gasteiger partial charge is 0.310 e. The maximum atomic E-state index is 11.9. The lowest BCUT2D eigenvalue weighted by Gasteiger charge is -2.30. The third-order valence-electron chi connectivity index (χ3n) is 4.41. The number of likely N-dealkylation sites (tertiary alicyclic amines) is 1. The van der Waals surface area contributed by atoms with Gasteiger partial charge in [-0.1, -0.05) is 0 Å². The fourth-order valence-electron chi connectivity index (χ4n) is 3.12. The molecule has 0 saturated carbocycles. The van der Waals surface area contributed by atoms with Gasteiger partial charge in [0, 0.05) is 12.1 Å². The second-order valence-electron chi connectivity index (χ2n) is 6.17. The van der Waals surface area contributed by atoms with Crippen LogP contribution in [0.2, 0.25) is 0 Å². The van der Waals surface area contributed by atoms with E-state index >= 15 is 0 Å². The minimum atomic E-state index is -0.0986. The summed E-state index contributed by atoms with van der Waals surface area (Å²) in [6.45, 7) is 4.51. The molecular formula is C19H24N2O4. The number of esters is 1. The minimum Gasteiger partial charge on any atom is -0.497 e. The van der Waals surface area contributed by atoms with Crippen LogP contribution in [0.4, 0.5) is 0 Å². The summed E-state index contributed by atoms with van der Waals surface area (Å²) < 4.78 is 16.2. The van der Waals surface area contributed by atoms with E-state index in [1.54, 1.807) is 13.3 Å². The summed E-state index contributed by atoms with van der Waals surface area (Å²) in [7, 11) is 1.64. The molecule has 0 amide bonds. The average Bonchev–Trinajstić information content (AvgIpc) is 3.10. The Kier molecular flexibility index (Phi) is 5.71. The van der Waals surface area contributed by atoms with Gasteiger partial charge in [0.1, 0.15) is 5.75 Å². The molecule has 1 aliphatic rings. The molecule has 0 N–H and O–H groups in total. The third kappa shape index (κ3) is 4.39. The molecule has 2 heterocycles. The minimum absolute atomic E-state index is 0.0512. The summed E-state index contributed by atoms with van der Waals surface area (Å²) in [5.74, 6) is 2.05. The van der Waals surface area contributed by atoms with Crippen molar-refractivity contribution in [3.05, 3.63) is 36.4 Å². The highest BCUT2D eigenvalue weighted by Gasteiger charge is 2.27. The highest BCUT2D eigenvalue weighted by atomic mass is 16.5. The molecule has 0 spiro atoms. The molecule has 0 aliphatic carbocycles. The first-order valence-electron chi connectivity index (χ1n) is 8.67. The molecule has 1 fully saturated rings. The molecule has 3 rings (SSSR count). The number of hydrogen-bond acceptors (Lipinski definition) is 6. The predicted molar refractivity (Wildman–Crippen MR) is 93.1 cm³/mol. The number of methoxy groups -OCH3 is 1. The maximum absolute atomic E-state index is 11.9. The van der Waals surface area contributed by atoms with Crippen molar-refractivity contribution >= 4 is 5.97 Å². The number of rotatable bonds is 6. The van der Waals surface area contributed by atoms with E-state index in [2.05, 4.69) is 9.88 Å². The molecule has 6 nitrogen and oxygen atoms in total. The molecule has 1 aliphatic heterocycles. The summed E-state index contributed by atoms with van der Waals surface area (Å²) in [5.41, 5.74) is 0.961. The standard InChI is InChI=1S/C19H24N2O4/c1-3-24-19(22)15-5-4-10-21(12-15)13-18-20-11-17(25-18)14-6-8-16(23-2)9-7-14/h6-9,11,15H,3-5,10,12-13H2,1-2H3/t15-/m0/s1. The summed E-state index contributed by atoms with van der Waals surface area (Å²) >= 11 is 0. The predicted octanol–water partition coefficient (Wildman–Crippen LogP) is 3.13. The number of piperidine rings is 1. The highest BCUT2D eigenvalue weighted by Crippen LogP contribution is 2.25. The molecule has 2 aromatic rings. The average molecular weight is 344 g/mol. The van der Waals surface area contributed by atoms with E-state index in [-0.39, 0.29) is 11.9 Å². The van der Waals surface area contributed by atoms with E-state index in [9.17, 15) is 4.79 Å². The Hall–Kier alpha value is -2.34. The van der Waals surface area contributed by atoms with Gasteiger partial charge in [-0.25, -0.2) is 4.98 Å². The van der Waals surface area contributed by atoms with Gasteiger partial charge in [0.2, 0.25) is 5.89 Å². The van der Waals surface area contributed by atoms with Crippen molar-refractivity contribution in [3.63, 3.8) is 0 Å². The van der Waals surface area contributed by atoms with Crippen LogP contribution in [0.5, 0.6) is 5.75 Å². The first kappa shape index (κ1) is 17.5. The van der Waals surface area contributed by atoms with Gasteiger partial charge in [-0.05, 0) is 50.6 Å². The number of oxazole rings is 1. The zero-order valence-electron chi connectivity index (χ0n) is 14.7. The lowest BCUT2D eigenvalue weighted by Crippen LogP contribution is -2.39. The number of aromatic nitrogens is 1. The maximum Gasteiger partial charge on any atom is 0.310 e. The van der Waals surface area contributed by atoms with Crippen LogP contribution >= 0.6 is 0 Å². The van der Waals surface area contributed by atoms with Gasteiger partial charge >= 0.3 is 5.97 Å². The molecule has 1 aromatic heterocycles. The molecule has 6 heteroatoms. The van der Waals surface area contributed by atoms with Gasteiger partial charge in [-0.15, -0.1) is 0 Å². The Morgan fingerprint density at radius 3 is 2.88 bits per heavy atom. The van der Waals surface area contributed by atoms with Crippen LogP contribution in [-0.4, -0.2) is 42.7 Å². The number of nitrogens with zero attached hydrogens (tertiary/aromatic N) is 2. The van der Waals surface area contributed by atoms with Crippen LogP contribution in [0.1, 0.15) is 25.7 Å². The van der Waals surface area contributed by atoms with Crippen LogP contribution in [0.25, 0.3) is 11.3 Å². The zero-order valence-corrected chi connectivity index (χ0v) is 14.7. The van der Waals surface area contributed by atoms with E-state index < -0.39 is 0 Å². The van der Waals surface area contributed by atoms with Crippen LogP contribution in [-0.2, 0) is 16.1 Å². The van der Waals surface area contributed by atoms with Gasteiger partial charge in [0.25, 0.3) is 0 Å². The van der Waals surface area contributed by atoms with Crippen LogP contribution in [0.15, 0.2) is 34.9 Å². The summed E-state index contributed by atoms with van der Waals surface area (Å²) in [6.07, 6.45) is 3.61. The van der Waals surface area contributed by atoms with Crippen molar-refractivity contribution in [3.8, 4) is 17.1 Å². The van der Waals surface area contributed by atoms with Crippen molar-refractivity contribution in [2.45, 2.75) is 26.3 Å². The van der Waals surface area contributed by atoms with Gasteiger partial charge in [0.15, 0.2) is 5.76 Å². The lowest BCUT2D eigenvalue weighted by molar-refractivity contribution is -0.150. The number of ether oxygens (including phenoxy) is 2. The molecule has 1 saturated heterocycles. The Labute approximate surface area is 147 Å². The number of hydrogen-bond donors (Lipinski definition) is 0. The Morgan fingerprint density at radius 1 is 1.36 bits per heavy atom. The van der Waals surface area contributed by atoms with E-state index in [1.165, 1.54) is 0 Å². The summed E-state index contributed by atoms with van der Waals surface area (Å²) in [6, 6.07) is 7.68. The molecule has 134 valence electrons. The topological polar surface area (TPSA) is 64.8 Å². The molecule has 0 bridgehead atoms. The van der Waals surface area contributed by atoms with Gasteiger partial charge in [-0.2, -0.15) is 0 Å². The highest BCUT2D eigenvalue weighted by molar-refractivity contribution is 5.72. The van der Waals surface area contributed by atoms with Gasteiger partial charge in [-0.3, -0.25) is 9.69 Å². The number of carbonyl (C=O) groups is 1. The van der Waals surface area contributed by atoms with Crippen molar-refractivity contribution in [2.24, 2.45) is 5.92 Å². The molecule has 0 radical (unpaired) electrons. The third-order valence-corrected chi connectivity index (χ3v) is 4.41. The van der Waals surface area contributed by atoms with Crippen LogP contribution in [0.3, 0.4) is 0 Å². The lowest BCUT2D eigenvalue weighted by atomic mass is 9.98. The second kappa shape index (κ2) is 8.16. The van der Waals surface area contributed by atoms with Crippen molar-refractivity contribution < 1.29 is 18.7 Å².